The van der Waals surface area contributed by atoms with Gasteiger partial charge < -0.3 is 15.1 Å². The lowest BCUT2D eigenvalue weighted by Gasteiger charge is -2.33. The normalized spacial score (nSPS) is 19.9. The summed E-state index contributed by atoms with van der Waals surface area (Å²) in [6.45, 7) is 5.90. The fraction of sp³-hybridized carbons (Fsp3) is 0.542. The van der Waals surface area contributed by atoms with E-state index in [0.29, 0.717) is 19.6 Å². The molecule has 7 heteroatoms. The standard InChI is InChI=1S/C24H33N5O2/c30-23-16-22(17-26-29(23)18-20-8-3-1-4-9-20)28-14-7-10-21(19-28)24(31)25-11-15-27-12-5-2-6-13-27/h1,3-4,8-9,16-17,21H,2,5-7,10-15,18-19H2,(H,25,31)/t21-/m1/s1. The molecule has 2 aliphatic heterocycles. The topological polar surface area (TPSA) is 70.5 Å². The van der Waals surface area contributed by atoms with Crippen LogP contribution in [0.2, 0.25) is 0 Å². The highest BCUT2D eigenvalue weighted by Gasteiger charge is 2.26. The molecule has 1 amide bonds. The Morgan fingerprint density at radius 1 is 1.06 bits per heavy atom. The zero-order valence-corrected chi connectivity index (χ0v) is 18.2. The molecule has 7 nitrogen and oxygen atoms in total. The van der Waals surface area contributed by atoms with Gasteiger partial charge in [-0.1, -0.05) is 36.8 Å². The maximum atomic E-state index is 12.7. The highest BCUT2D eigenvalue weighted by atomic mass is 16.2. The molecule has 31 heavy (non-hydrogen) atoms. The first kappa shape index (κ1) is 21.6. The van der Waals surface area contributed by atoms with Gasteiger partial charge in [-0.25, -0.2) is 4.68 Å². The summed E-state index contributed by atoms with van der Waals surface area (Å²) in [4.78, 5) is 29.8. The first-order valence-electron chi connectivity index (χ1n) is 11.6. The second-order valence-corrected chi connectivity index (χ2v) is 8.67. The number of hydrogen-bond acceptors (Lipinski definition) is 5. The Morgan fingerprint density at radius 3 is 2.65 bits per heavy atom. The van der Waals surface area contributed by atoms with Crippen LogP contribution >= 0.6 is 0 Å². The molecular weight excluding hydrogens is 390 g/mol. The van der Waals surface area contributed by atoms with Crippen LogP contribution in [0.4, 0.5) is 5.69 Å². The quantitative estimate of drug-likeness (QED) is 0.739. The molecule has 2 aromatic rings. The Kier molecular flexibility index (Phi) is 7.35. The largest absolute Gasteiger partial charge is 0.369 e. The third-order valence-corrected chi connectivity index (χ3v) is 6.36. The molecule has 4 rings (SSSR count). The van der Waals surface area contributed by atoms with Gasteiger partial charge in [-0.15, -0.1) is 0 Å². The Bertz CT molecular complexity index is 908. The van der Waals surface area contributed by atoms with E-state index >= 15 is 0 Å². The average molecular weight is 424 g/mol. The van der Waals surface area contributed by atoms with Crippen LogP contribution in [0.5, 0.6) is 0 Å². The van der Waals surface area contributed by atoms with Crippen molar-refractivity contribution in [3.63, 3.8) is 0 Å². The summed E-state index contributed by atoms with van der Waals surface area (Å²) in [7, 11) is 0. The molecule has 0 radical (unpaired) electrons. The Morgan fingerprint density at radius 2 is 1.87 bits per heavy atom. The van der Waals surface area contributed by atoms with Gasteiger partial charge in [0.15, 0.2) is 0 Å². The predicted octanol–water partition coefficient (Wildman–Crippen LogP) is 2.11. The van der Waals surface area contributed by atoms with Crippen molar-refractivity contribution < 1.29 is 4.79 Å². The number of anilines is 1. The molecule has 166 valence electrons. The van der Waals surface area contributed by atoms with Crippen molar-refractivity contribution in [1.29, 1.82) is 0 Å². The maximum Gasteiger partial charge on any atom is 0.269 e. The number of carbonyl (C=O) groups is 1. The molecular formula is C24H33N5O2. The number of benzene rings is 1. The molecule has 0 saturated carbocycles. The van der Waals surface area contributed by atoms with E-state index in [-0.39, 0.29) is 17.4 Å². The van der Waals surface area contributed by atoms with Crippen molar-refractivity contribution in [1.82, 2.24) is 20.0 Å². The van der Waals surface area contributed by atoms with Gasteiger partial charge >= 0.3 is 0 Å². The number of nitrogens with one attached hydrogen (secondary N) is 1. The molecule has 2 aliphatic rings. The van der Waals surface area contributed by atoms with Crippen molar-refractivity contribution in [2.24, 2.45) is 5.92 Å². The van der Waals surface area contributed by atoms with Crippen LogP contribution in [0.25, 0.3) is 0 Å². The Balaban J connectivity index is 1.30. The molecule has 0 aliphatic carbocycles. The van der Waals surface area contributed by atoms with Crippen LogP contribution in [0.3, 0.4) is 0 Å². The molecule has 1 aromatic carbocycles. The second-order valence-electron chi connectivity index (χ2n) is 8.67. The Labute approximate surface area is 184 Å². The first-order chi connectivity index (χ1) is 15.2. The van der Waals surface area contributed by atoms with Gasteiger partial charge in [0.1, 0.15) is 0 Å². The molecule has 1 atom stereocenters. The number of carbonyl (C=O) groups excluding carboxylic acids is 1. The number of likely N-dealkylation sites (tertiary alicyclic amines) is 1. The number of amides is 1. The van der Waals surface area contributed by atoms with Crippen molar-refractivity contribution in [2.75, 3.05) is 44.2 Å². The van der Waals surface area contributed by atoms with E-state index in [1.807, 2.05) is 30.3 Å². The average Bonchev–Trinajstić information content (AvgIpc) is 2.82. The summed E-state index contributed by atoms with van der Waals surface area (Å²) in [6, 6.07) is 11.5. The van der Waals surface area contributed by atoms with E-state index < -0.39 is 0 Å². The minimum absolute atomic E-state index is 0.0399. The smallest absolute Gasteiger partial charge is 0.269 e. The lowest BCUT2D eigenvalue weighted by molar-refractivity contribution is -0.125. The number of piperidine rings is 2. The van der Waals surface area contributed by atoms with E-state index in [0.717, 1.165) is 50.3 Å². The van der Waals surface area contributed by atoms with Crippen molar-refractivity contribution >= 4 is 11.6 Å². The van der Waals surface area contributed by atoms with Crippen LogP contribution < -0.4 is 15.8 Å². The van der Waals surface area contributed by atoms with Gasteiger partial charge in [0.2, 0.25) is 5.91 Å². The van der Waals surface area contributed by atoms with Gasteiger partial charge in [0.25, 0.3) is 5.56 Å². The fourth-order valence-corrected chi connectivity index (χ4v) is 4.56. The van der Waals surface area contributed by atoms with Crippen LogP contribution in [0.1, 0.15) is 37.7 Å². The number of rotatable bonds is 7. The van der Waals surface area contributed by atoms with Gasteiger partial charge in [-0.3, -0.25) is 9.59 Å². The van der Waals surface area contributed by atoms with E-state index in [4.69, 9.17) is 0 Å². The molecule has 1 aromatic heterocycles. The maximum absolute atomic E-state index is 12.7. The molecule has 0 unspecified atom stereocenters. The number of nitrogens with zero attached hydrogens (tertiary/aromatic N) is 4. The molecule has 0 spiro atoms. The molecule has 1 N–H and O–H groups in total. The summed E-state index contributed by atoms with van der Waals surface area (Å²) in [6.07, 6.45) is 7.45. The summed E-state index contributed by atoms with van der Waals surface area (Å²) < 4.78 is 1.48. The molecule has 2 saturated heterocycles. The monoisotopic (exact) mass is 423 g/mol. The third kappa shape index (κ3) is 5.94. The summed E-state index contributed by atoms with van der Waals surface area (Å²) in [5, 5.41) is 7.51. The van der Waals surface area contributed by atoms with E-state index in [1.54, 1.807) is 12.3 Å². The van der Waals surface area contributed by atoms with Crippen LogP contribution in [0, 0.1) is 5.92 Å². The van der Waals surface area contributed by atoms with Crippen molar-refractivity contribution in [2.45, 2.75) is 38.6 Å². The zero-order chi connectivity index (χ0) is 21.5. The molecule has 2 fully saturated rings. The van der Waals surface area contributed by atoms with Crippen LogP contribution in [-0.4, -0.2) is 59.9 Å². The van der Waals surface area contributed by atoms with Gasteiger partial charge in [-0.2, -0.15) is 5.10 Å². The Hall–Kier alpha value is -2.67. The van der Waals surface area contributed by atoms with E-state index in [1.165, 1.54) is 23.9 Å². The minimum Gasteiger partial charge on any atom is -0.369 e. The van der Waals surface area contributed by atoms with E-state index in [9.17, 15) is 9.59 Å². The molecule has 3 heterocycles. The van der Waals surface area contributed by atoms with Gasteiger partial charge in [0.05, 0.1) is 24.3 Å². The van der Waals surface area contributed by atoms with Gasteiger partial charge in [0, 0.05) is 32.2 Å². The predicted molar refractivity (Wildman–Crippen MR) is 122 cm³/mol. The lowest BCUT2D eigenvalue weighted by Crippen LogP contribution is -2.45. The second kappa shape index (κ2) is 10.6. The number of aromatic nitrogens is 2. The van der Waals surface area contributed by atoms with Crippen LogP contribution in [0.15, 0.2) is 47.4 Å². The minimum atomic E-state index is -0.116. The SMILES string of the molecule is O=C(NCCN1CCCCC1)[C@@H]1CCCN(c2cnn(Cc3ccccc3)c(=O)c2)C1. The first-order valence-corrected chi connectivity index (χ1v) is 11.6. The zero-order valence-electron chi connectivity index (χ0n) is 18.2. The number of hydrogen-bond donors (Lipinski definition) is 1. The lowest BCUT2D eigenvalue weighted by atomic mass is 9.97. The molecule has 0 bridgehead atoms. The van der Waals surface area contributed by atoms with Crippen LogP contribution in [-0.2, 0) is 11.3 Å². The van der Waals surface area contributed by atoms with Crippen molar-refractivity contribution in [3.05, 3.63) is 58.5 Å². The van der Waals surface area contributed by atoms with Crippen molar-refractivity contribution in [3.8, 4) is 0 Å². The summed E-state index contributed by atoms with van der Waals surface area (Å²) >= 11 is 0. The fourth-order valence-electron chi connectivity index (χ4n) is 4.56. The summed E-state index contributed by atoms with van der Waals surface area (Å²) in [5.41, 5.74) is 1.73. The summed E-state index contributed by atoms with van der Waals surface area (Å²) in [5.74, 6) is 0.0916. The third-order valence-electron chi connectivity index (χ3n) is 6.36. The van der Waals surface area contributed by atoms with E-state index in [2.05, 4.69) is 20.2 Å². The highest BCUT2D eigenvalue weighted by Crippen LogP contribution is 2.22. The highest BCUT2D eigenvalue weighted by molar-refractivity contribution is 5.79. The van der Waals surface area contributed by atoms with Gasteiger partial charge in [-0.05, 0) is 44.3 Å².